The van der Waals surface area contributed by atoms with Crippen molar-refractivity contribution in [3.63, 3.8) is 0 Å². The topological polar surface area (TPSA) is 95.5 Å². The van der Waals surface area contributed by atoms with Gasteiger partial charge in [0.05, 0.1) is 23.9 Å². The number of ether oxygens (including phenoxy) is 3. The molecule has 0 amide bonds. The Morgan fingerprint density at radius 2 is 1.97 bits per heavy atom. The number of amidine groups is 1. The van der Waals surface area contributed by atoms with Gasteiger partial charge in [-0.05, 0) is 60.0 Å². The SMILES string of the molecule is CCOC(=O)C(C)Oc1c(Br)cc(C=NN=C(N)SCc2ccccc2)cc1OCC. The van der Waals surface area contributed by atoms with Crippen LogP contribution in [-0.4, -0.2) is 36.7 Å². The number of rotatable bonds is 10. The van der Waals surface area contributed by atoms with Crippen LogP contribution in [0.3, 0.4) is 0 Å². The van der Waals surface area contributed by atoms with E-state index in [9.17, 15) is 4.79 Å². The second-order valence-electron chi connectivity index (χ2n) is 6.23. The molecule has 1 unspecified atom stereocenters. The Morgan fingerprint density at radius 3 is 2.65 bits per heavy atom. The molecule has 1 atom stereocenters. The Balaban J connectivity index is 2.09. The standard InChI is InChI=1S/C22H26BrN3O4S/c1-4-28-19-12-17(11-18(23)20(19)30-15(3)21(27)29-5-2)13-25-26-22(24)31-14-16-9-7-6-8-10-16/h6-13,15H,4-5,14H2,1-3H3,(H2,24,26). The number of carbonyl (C=O) groups is 1. The van der Waals surface area contributed by atoms with Gasteiger partial charge >= 0.3 is 5.97 Å². The number of halogens is 1. The van der Waals surface area contributed by atoms with Gasteiger partial charge in [-0.1, -0.05) is 42.1 Å². The van der Waals surface area contributed by atoms with Crippen molar-refractivity contribution >= 4 is 45.0 Å². The molecule has 0 aliphatic heterocycles. The maximum Gasteiger partial charge on any atom is 0.347 e. The van der Waals surface area contributed by atoms with Crippen molar-refractivity contribution in [2.24, 2.45) is 15.9 Å². The number of hydrogen-bond acceptors (Lipinski definition) is 7. The Hall–Kier alpha value is -2.52. The molecule has 166 valence electrons. The zero-order valence-electron chi connectivity index (χ0n) is 17.7. The zero-order chi connectivity index (χ0) is 22.6. The first kappa shape index (κ1) is 24.7. The third-order valence-corrected chi connectivity index (χ3v) is 5.28. The quantitative estimate of drug-likeness (QED) is 0.215. The second kappa shape index (κ2) is 13.0. The van der Waals surface area contributed by atoms with E-state index in [1.165, 1.54) is 11.8 Å². The highest BCUT2D eigenvalue weighted by Gasteiger charge is 2.20. The number of nitrogens with zero attached hydrogens (tertiary/aromatic N) is 2. The summed E-state index contributed by atoms with van der Waals surface area (Å²) in [6.45, 7) is 5.95. The minimum Gasteiger partial charge on any atom is -0.490 e. The molecular formula is C22H26BrN3O4S. The summed E-state index contributed by atoms with van der Waals surface area (Å²) in [6.07, 6.45) is 0.794. The van der Waals surface area contributed by atoms with Crippen LogP contribution < -0.4 is 15.2 Å². The maximum atomic E-state index is 11.9. The summed E-state index contributed by atoms with van der Waals surface area (Å²) < 4.78 is 17.1. The molecule has 2 rings (SSSR count). The fourth-order valence-corrected chi connectivity index (χ4v) is 3.60. The third kappa shape index (κ3) is 8.26. The minimum absolute atomic E-state index is 0.286. The van der Waals surface area contributed by atoms with Gasteiger partial charge in [0.2, 0.25) is 0 Å². The van der Waals surface area contributed by atoms with Crippen molar-refractivity contribution < 1.29 is 19.0 Å². The Kier molecular flexibility index (Phi) is 10.4. The Labute approximate surface area is 195 Å². The normalized spacial score (nSPS) is 12.6. The first-order valence-electron chi connectivity index (χ1n) is 9.77. The molecule has 2 N–H and O–H groups in total. The molecule has 2 aromatic rings. The number of benzene rings is 2. The van der Waals surface area contributed by atoms with Crippen LogP contribution in [0.1, 0.15) is 31.9 Å². The summed E-state index contributed by atoms with van der Waals surface area (Å²) >= 11 is 4.88. The van der Waals surface area contributed by atoms with E-state index >= 15 is 0 Å². The molecule has 0 aliphatic carbocycles. The summed E-state index contributed by atoms with van der Waals surface area (Å²) in [5.74, 6) is 1.17. The molecule has 7 nitrogen and oxygen atoms in total. The largest absolute Gasteiger partial charge is 0.490 e. The van der Waals surface area contributed by atoms with Crippen LogP contribution in [0.15, 0.2) is 57.1 Å². The number of nitrogens with two attached hydrogens (primary N) is 1. The van der Waals surface area contributed by atoms with Crippen LogP contribution in [0.25, 0.3) is 0 Å². The predicted molar refractivity (Wildman–Crippen MR) is 129 cm³/mol. The molecule has 0 bridgehead atoms. The van der Waals surface area contributed by atoms with Crippen LogP contribution in [0.2, 0.25) is 0 Å². The van der Waals surface area contributed by atoms with Crippen molar-refractivity contribution in [2.45, 2.75) is 32.6 Å². The van der Waals surface area contributed by atoms with Crippen molar-refractivity contribution in [1.82, 2.24) is 0 Å². The first-order chi connectivity index (χ1) is 14.9. The molecular weight excluding hydrogens is 482 g/mol. The molecule has 0 aliphatic rings. The van der Waals surface area contributed by atoms with Gasteiger partial charge in [-0.15, -0.1) is 5.10 Å². The van der Waals surface area contributed by atoms with Crippen LogP contribution in [0.4, 0.5) is 0 Å². The molecule has 0 heterocycles. The van der Waals surface area contributed by atoms with E-state index < -0.39 is 12.1 Å². The van der Waals surface area contributed by atoms with E-state index in [0.29, 0.717) is 27.7 Å². The Bertz CT molecular complexity index is 922. The summed E-state index contributed by atoms with van der Waals surface area (Å²) in [7, 11) is 0. The van der Waals surface area contributed by atoms with E-state index in [-0.39, 0.29) is 6.61 Å². The smallest absolute Gasteiger partial charge is 0.347 e. The van der Waals surface area contributed by atoms with Gasteiger partial charge in [0, 0.05) is 5.75 Å². The molecule has 0 radical (unpaired) electrons. The average molecular weight is 508 g/mol. The van der Waals surface area contributed by atoms with Crippen molar-refractivity contribution in [3.05, 3.63) is 58.1 Å². The van der Waals surface area contributed by atoms with Crippen LogP contribution in [0, 0.1) is 0 Å². The summed E-state index contributed by atoms with van der Waals surface area (Å²) in [4.78, 5) is 11.9. The van der Waals surface area contributed by atoms with E-state index in [0.717, 1.165) is 16.9 Å². The fraction of sp³-hybridized carbons (Fsp3) is 0.318. The zero-order valence-corrected chi connectivity index (χ0v) is 20.1. The van der Waals surface area contributed by atoms with Gasteiger partial charge < -0.3 is 19.9 Å². The molecule has 2 aromatic carbocycles. The van der Waals surface area contributed by atoms with E-state index in [1.807, 2.05) is 37.3 Å². The first-order valence-corrected chi connectivity index (χ1v) is 11.5. The maximum absolute atomic E-state index is 11.9. The average Bonchev–Trinajstić information content (AvgIpc) is 2.75. The van der Waals surface area contributed by atoms with Crippen LogP contribution in [-0.2, 0) is 15.3 Å². The third-order valence-electron chi connectivity index (χ3n) is 3.84. The highest BCUT2D eigenvalue weighted by Crippen LogP contribution is 2.37. The lowest BCUT2D eigenvalue weighted by atomic mass is 10.2. The fourth-order valence-electron chi connectivity index (χ4n) is 2.44. The highest BCUT2D eigenvalue weighted by molar-refractivity contribution is 9.10. The molecule has 0 fully saturated rings. The summed E-state index contributed by atoms with van der Waals surface area (Å²) in [5, 5.41) is 8.47. The minimum atomic E-state index is -0.777. The molecule has 0 spiro atoms. The summed E-state index contributed by atoms with van der Waals surface area (Å²) in [6, 6.07) is 13.5. The molecule has 9 heteroatoms. The second-order valence-corrected chi connectivity index (χ2v) is 8.08. The van der Waals surface area contributed by atoms with Gasteiger partial charge in [-0.25, -0.2) is 4.79 Å². The molecule has 0 aromatic heterocycles. The van der Waals surface area contributed by atoms with Gasteiger partial charge in [0.1, 0.15) is 0 Å². The lowest BCUT2D eigenvalue weighted by Gasteiger charge is -2.18. The number of esters is 1. The van der Waals surface area contributed by atoms with E-state index in [4.69, 9.17) is 19.9 Å². The van der Waals surface area contributed by atoms with E-state index in [1.54, 1.807) is 32.2 Å². The lowest BCUT2D eigenvalue weighted by molar-refractivity contribution is -0.150. The molecule has 31 heavy (non-hydrogen) atoms. The molecule has 0 saturated heterocycles. The van der Waals surface area contributed by atoms with E-state index in [2.05, 4.69) is 26.1 Å². The van der Waals surface area contributed by atoms with Gasteiger partial charge in [0.15, 0.2) is 22.8 Å². The van der Waals surface area contributed by atoms with Crippen molar-refractivity contribution in [3.8, 4) is 11.5 Å². The van der Waals surface area contributed by atoms with Crippen LogP contribution >= 0.6 is 27.7 Å². The van der Waals surface area contributed by atoms with Crippen molar-refractivity contribution in [1.29, 1.82) is 0 Å². The van der Waals surface area contributed by atoms with Gasteiger partial charge in [0.25, 0.3) is 0 Å². The number of carbonyl (C=O) groups excluding carboxylic acids is 1. The highest BCUT2D eigenvalue weighted by atomic mass is 79.9. The summed E-state index contributed by atoms with van der Waals surface area (Å²) in [5.41, 5.74) is 7.82. The lowest BCUT2D eigenvalue weighted by Crippen LogP contribution is -2.26. The Morgan fingerprint density at radius 1 is 1.23 bits per heavy atom. The predicted octanol–water partition coefficient (Wildman–Crippen LogP) is 4.76. The number of hydrogen-bond donors (Lipinski definition) is 1. The monoisotopic (exact) mass is 507 g/mol. The van der Waals surface area contributed by atoms with Crippen molar-refractivity contribution in [2.75, 3.05) is 13.2 Å². The van der Waals surface area contributed by atoms with Gasteiger partial charge in [-0.2, -0.15) is 5.10 Å². The number of thioether (sulfide) groups is 1. The van der Waals surface area contributed by atoms with Crippen LogP contribution in [0.5, 0.6) is 11.5 Å². The van der Waals surface area contributed by atoms with Gasteiger partial charge in [-0.3, -0.25) is 0 Å². The molecule has 0 saturated carbocycles.